The van der Waals surface area contributed by atoms with Gasteiger partial charge in [0.1, 0.15) is 5.82 Å². The molecular weight excluding hydrogens is 302 g/mol. The Labute approximate surface area is 124 Å². The number of carbonyl (C=O) groups is 1. The van der Waals surface area contributed by atoms with Gasteiger partial charge in [-0.1, -0.05) is 23.2 Å². The van der Waals surface area contributed by atoms with E-state index in [-0.39, 0.29) is 16.8 Å². The summed E-state index contributed by atoms with van der Waals surface area (Å²) in [5.74, 6) is -1.23. The highest BCUT2D eigenvalue weighted by Crippen LogP contribution is 2.21. The second kappa shape index (κ2) is 5.91. The molecule has 0 atom stereocenters. The Morgan fingerprint density at radius 1 is 1.15 bits per heavy atom. The van der Waals surface area contributed by atoms with Crippen molar-refractivity contribution in [2.24, 2.45) is 0 Å². The molecule has 0 spiro atoms. The number of carbonyl (C=O) groups excluding carboxylic acids is 1. The highest BCUT2D eigenvalue weighted by atomic mass is 35.5. The molecule has 0 saturated carbocycles. The third-order valence-electron chi connectivity index (χ3n) is 2.47. The highest BCUT2D eigenvalue weighted by Gasteiger charge is 2.11. The van der Waals surface area contributed by atoms with Crippen molar-refractivity contribution in [3.8, 4) is 6.07 Å². The van der Waals surface area contributed by atoms with Crippen molar-refractivity contribution in [3.63, 3.8) is 0 Å². The van der Waals surface area contributed by atoms with Gasteiger partial charge in [-0.15, -0.1) is 0 Å². The van der Waals surface area contributed by atoms with Crippen LogP contribution in [0.15, 0.2) is 36.4 Å². The first-order valence-corrected chi connectivity index (χ1v) is 6.22. The van der Waals surface area contributed by atoms with E-state index in [2.05, 4.69) is 5.32 Å². The second-order valence-electron chi connectivity index (χ2n) is 3.92. The number of hydrogen-bond donors (Lipinski definition) is 1. The summed E-state index contributed by atoms with van der Waals surface area (Å²) in [7, 11) is 0. The average molecular weight is 309 g/mol. The summed E-state index contributed by atoms with van der Waals surface area (Å²) in [6, 6.07) is 9.90. The van der Waals surface area contributed by atoms with E-state index in [4.69, 9.17) is 28.5 Å². The van der Waals surface area contributed by atoms with E-state index in [1.165, 1.54) is 30.3 Å². The van der Waals surface area contributed by atoms with E-state index >= 15 is 0 Å². The van der Waals surface area contributed by atoms with Crippen LogP contribution in [0.2, 0.25) is 10.0 Å². The van der Waals surface area contributed by atoms with Crippen LogP contribution in [0.1, 0.15) is 15.9 Å². The molecule has 0 aliphatic heterocycles. The summed E-state index contributed by atoms with van der Waals surface area (Å²) >= 11 is 11.6. The largest absolute Gasteiger partial charge is 0.319 e. The van der Waals surface area contributed by atoms with Gasteiger partial charge in [-0.25, -0.2) is 4.39 Å². The summed E-state index contributed by atoms with van der Waals surface area (Å²) in [4.78, 5) is 12.0. The second-order valence-corrected chi connectivity index (χ2v) is 4.79. The van der Waals surface area contributed by atoms with Crippen LogP contribution in [0.25, 0.3) is 0 Å². The van der Waals surface area contributed by atoms with E-state index in [0.29, 0.717) is 10.0 Å². The molecule has 0 aliphatic rings. The molecule has 0 fully saturated rings. The number of amides is 1. The predicted molar refractivity (Wildman–Crippen MR) is 75.5 cm³/mol. The van der Waals surface area contributed by atoms with Crippen LogP contribution in [-0.4, -0.2) is 5.91 Å². The lowest BCUT2D eigenvalue weighted by molar-refractivity contribution is 0.102. The number of rotatable bonds is 2. The third-order valence-corrected chi connectivity index (χ3v) is 2.91. The molecule has 0 radical (unpaired) electrons. The number of nitrogens with zero attached hydrogens (tertiary/aromatic N) is 1. The standard InChI is InChI=1S/C14H7Cl2FN2O/c15-10-4-9(5-11(16)6-10)14(20)19-13-2-1-8(7-18)3-12(13)17/h1-6H,(H,19,20). The maximum absolute atomic E-state index is 13.7. The van der Waals surface area contributed by atoms with Crippen molar-refractivity contribution in [1.82, 2.24) is 0 Å². The molecule has 1 N–H and O–H groups in total. The first-order valence-electron chi connectivity index (χ1n) is 5.46. The number of halogens is 3. The summed E-state index contributed by atoms with van der Waals surface area (Å²) in [6.45, 7) is 0. The Hall–Kier alpha value is -2.09. The third kappa shape index (κ3) is 3.27. The highest BCUT2D eigenvalue weighted by molar-refractivity contribution is 6.35. The summed E-state index contributed by atoms with van der Waals surface area (Å²) < 4.78 is 13.7. The van der Waals surface area contributed by atoms with Gasteiger partial charge in [-0.05, 0) is 36.4 Å². The molecule has 0 aromatic heterocycles. The topological polar surface area (TPSA) is 52.9 Å². The quantitative estimate of drug-likeness (QED) is 0.901. The van der Waals surface area contributed by atoms with E-state index in [1.807, 2.05) is 6.07 Å². The molecule has 3 nitrogen and oxygen atoms in total. The zero-order chi connectivity index (χ0) is 14.7. The van der Waals surface area contributed by atoms with Crippen LogP contribution in [-0.2, 0) is 0 Å². The Morgan fingerprint density at radius 2 is 1.80 bits per heavy atom. The Bertz CT molecular complexity index is 705. The number of nitrogens with one attached hydrogen (secondary N) is 1. The van der Waals surface area contributed by atoms with E-state index < -0.39 is 11.7 Å². The molecule has 0 heterocycles. The van der Waals surface area contributed by atoms with Crippen LogP contribution in [0.5, 0.6) is 0 Å². The lowest BCUT2D eigenvalue weighted by Gasteiger charge is -2.07. The average Bonchev–Trinajstić information content (AvgIpc) is 2.39. The fraction of sp³-hybridized carbons (Fsp3) is 0. The van der Waals surface area contributed by atoms with Gasteiger partial charge < -0.3 is 5.32 Å². The van der Waals surface area contributed by atoms with Crippen molar-refractivity contribution in [1.29, 1.82) is 5.26 Å². The van der Waals surface area contributed by atoms with E-state index in [1.54, 1.807) is 0 Å². The molecule has 1 amide bonds. The smallest absolute Gasteiger partial charge is 0.255 e. The van der Waals surface area contributed by atoms with Crippen LogP contribution < -0.4 is 5.32 Å². The number of nitriles is 1. The fourth-order valence-electron chi connectivity index (χ4n) is 1.57. The fourth-order valence-corrected chi connectivity index (χ4v) is 2.09. The molecule has 0 saturated heterocycles. The molecular formula is C14H7Cl2FN2O. The Morgan fingerprint density at radius 3 is 2.35 bits per heavy atom. The maximum Gasteiger partial charge on any atom is 0.255 e. The number of hydrogen-bond acceptors (Lipinski definition) is 2. The van der Waals surface area contributed by atoms with Gasteiger partial charge in [0.2, 0.25) is 0 Å². The van der Waals surface area contributed by atoms with Crippen LogP contribution >= 0.6 is 23.2 Å². The van der Waals surface area contributed by atoms with E-state index in [9.17, 15) is 9.18 Å². The molecule has 2 aromatic carbocycles. The van der Waals surface area contributed by atoms with Crippen LogP contribution in [0.4, 0.5) is 10.1 Å². The monoisotopic (exact) mass is 308 g/mol. The molecule has 0 bridgehead atoms. The van der Waals surface area contributed by atoms with Gasteiger partial charge in [0.15, 0.2) is 0 Å². The normalized spacial score (nSPS) is 9.90. The minimum absolute atomic E-state index is 0.0231. The van der Waals surface area contributed by atoms with Gasteiger partial charge >= 0.3 is 0 Å². The van der Waals surface area contributed by atoms with Crippen LogP contribution in [0, 0.1) is 17.1 Å². The van der Waals surface area contributed by atoms with Crippen molar-refractivity contribution in [2.75, 3.05) is 5.32 Å². The van der Waals surface area contributed by atoms with Gasteiger partial charge in [0.25, 0.3) is 5.91 Å². The van der Waals surface area contributed by atoms with Crippen molar-refractivity contribution in [3.05, 3.63) is 63.4 Å². The molecule has 2 rings (SSSR count). The lowest BCUT2D eigenvalue weighted by atomic mass is 10.2. The van der Waals surface area contributed by atoms with Crippen molar-refractivity contribution in [2.45, 2.75) is 0 Å². The first kappa shape index (κ1) is 14.3. The molecule has 0 unspecified atom stereocenters. The van der Waals surface area contributed by atoms with E-state index in [0.717, 1.165) is 6.07 Å². The maximum atomic E-state index is 13.7. The van der Waals surface area contributed by atoms with Gasteiger partial charge in [0.05, 0.1) is 17.3 Å². The summed E-state index contributed by atoms with van der Waals surface area (Å²) in [5.41, 5.74) is 0.364. The Balaban J connectivity index is 2.26. The minimum atomic E-state index is -0.689. The minimum Gasteiger partial charge on any atom is -0.319 e. The van der Waals surface area contributed by atoms with Gasteiger partial charge in [0, 0.05) is 15.6 Å². The predicted octanol–water partition coefficient (Wildman–Crippen LogP) is 4.26. The molecule has 20 heavy (non-hydrogen) atoms. The SMILES string of the molecule is N#Cc1ccc(NC(=O)c2cc(Cl)cc(Cl)c2)c(F)c1. The molecule has 6 heteroatoms. The summed E-state index contributed by atoms with van der Waals surface area (Å²) in [6.07, 6.45) is 0. The van der Waals surface area contributed by atoms with Crippen LogP contribution in [0.3, 0.4) is 0 Å². The number of benzene rings is 2. The van der Waals surface area contributed by atoms with Gasteiger partial charge in [-0.3, -0.25) is 4.79 Å². The molecule has 0 aliphatic carbocycles. The van der Waals surface area contributed by atoms with Gasteiger partial charge in [-0.2, -0.15) is 5.26 Å². The molecule has 100 valence electrons. The zero-order valence-corrected chi connectivity index (χ0v) is 11.5. The van der Waals surface area contributed by atoms with Crippen molar-refractivity contribution < 1.29 is 9.18 Å². The number of anilines is 1. The first-order chi connectivity index (χ1) is 9.49. The zero-order valence-electron chi connectivity index (χ0n) is 9.95. The Kier molecular flexibility index (Phi) is 4.23. The van der Waals surface area contributed by atoms with Crippen molar-refractivity contribution >= 4 is 34.8 Å². The lowest BCUT2D eigenvalue weighted by Crippen LogP contribution is -2.13. The molecule has 2 aromatic rings. The summed E-state index contributed by atoms with van der Waals surface area (Å²) in [5, 5.41) is 11.6.